The van der Waals surface area contributed by atoms with Crippen LogP contribution in [0.4, 0.5) is 0 Å². The van der Waals surface area contributed by atoms with E-state index in [1.54, 1.807) is 12.1 Å². The van der Waals surface area contributed by atoms with Crippen LogP contribution in [0.1, 0.15) is 22.3 Å². The highest BCUT2D eigenvalue weighted by atomic mass is 16.4. The third-order valence-corrected chi connectivity index (χ3v) is 2.78. The number of hydrogen-bond donors (Lipinski definition) is 3. The average molecular weight is 258 g/mol. The summed E-state index contributed by atoms with van der Waals surface area (Å²) in [6.07, 6.45) is 5.75. The van der Waals surface area contributed by atoms with E-state index in [1.807, 2.05) is 18.2 Å². The molecule has 4 N–H and O–H groups in total. The van der Waals surface area contributed by atoms with Gasteiger partial charge in [0.05, 0.1) is 0 Å². The van der Waals surface area contributed by atoms with Crippen molar-refractivity contribution in [2.45, 2.75) is 6.42 Å². The molecule has 5 heteroatoms. The number of pyridine rings is 1. The van der Waals surface area contributed by atoms with Crippen molar-refractivity contribution in [2.24, 2.45) is 5.73 Å². The van der Waals surface area contributed by atoms with Crippen LogP contribution in [-0.4, -0.2) is 22.6 Å². The van der Waals surface area contributed by atoms with E-state index in [2.05, 4.69) is 4.98 Å². The van der Waals surface area contributed by atoms with Crippen molar-refractivity contribution in [3.63, 3.8) is 0 Å². The Morgan fingerprint density at radius 2 is 2.21 bits per heavy atom. The van der Waals surface area contributed by atoms with Gasteiger partial charge in [0.15, 0.2) is 0 Å². The first-order valence-electron chi connectivity index (χ1n) is 5.89. The van der Waals surface area contributed by atoms with Gasteiger partial charge < -0.3 is 15.8 Å². The molecule has 0 saturated heterocycles. The van der Waals surface area contributed by atoms with Gasteiger partial charge in [0, 0.05) is 17.1 Å². The average Bonchev–Trinajstić information content (AvgIpc) is 2.39. The largest absolute Gasteiger partial charge is 0.477 e. The smallest absolute Gasteiger partial charge is 0.341 e. The zero-order chi connectivity index (χ0) is 13.8. The van der Waals surface area contributed by atoms with Gasteiger partial charge >= 0.3 is 5.97 Å². The predicted octanol–water partition coefficient (Wildman–Crippen LogP) is 1.59. The van der Waals surface area contributed by atoms with E-state index < -0.39 is 11.4 Å². The van der Waals surface area contributed by atoms with Gasteiger partial charge in [0.1, 0.15) is 5.56 Å². The zero-order valence-electron chi connectivity index (χ0n) is 10.2. The molecule has 1 aromatic carbocycles. The maximum atomic E-state index is 12.0. The number of hydrogen-bond acceptors (Lipinski definition) is 3. The molecule has 2 aromatic rings. The molecule has 0 aliphatic carbocycles. The fourth-order valence-corrected chi connectivity index (χ4v) is 1.81. The fraction of sp³-hybridized carbons (Fsp3) is 0.143. The quantitative estimate of drug-likeness (QED) is 0.775. The third-order valence-electron chi connectivity index (χ3n) is 2.78. The predicted molar refractivity (Wildman–Crippen MR) is 74.2 cm³/mol. The minimum absolute atomic E-state index is 0.254. The molecule has 0 bridgehead atoms. The molecule has 1 aromatic heterocycles. The Labute approximate surface area is 109 Å². The molecule has 0 saturated carbocycles. The van der Waals surface area contributed by atoms with E-state index in [0.29, 0.717) is 17.4 Å². The van der Waals surface area contributed by atoms with E-state index in [4.69, 9.17) is 10.8 Å². The number of aromatic carboxylic acids is 1. The second kappa shape index (κ2) is 5.49. The molecule has 98 valence electrons. The summed E-state index contributed by atoms with van der Waals surface area (Å²) in [6.45, 7) is 0.563. The summed E-state index contributed by atoms with van der Waals surface area (Å²) < 4.78 is 0. The van der Waals surface area contributed by atoms with Crippen LogP contribution in [0.2, 0.25) is 0 Å². The number of carboxylic acids is 1. The van der Waals surface area contributed by atoms with Crippen molar-refractivity contribution < 1.29 is 9.90 Å². The Hall–Kier alpha value is -2.40. The number of carbonyl (C=O) groups is 1. The Morgan fingerprint density at radius 3 is 2.89 bits per heavy atom. The number of fused-ring (bicyclic) bond motifs is 1. The number of rotatable bonds is 4. The van der Waals surface area contributed by atoms with Gasteiger partial charge in [0.2, 0.25) is 5.43 Å². The second-order valence-corrected chi connectivity index (χ2v) is 4.12. The van der Waals surface area contributed by atoms with E-state index in [-0.39, 0.29) is 5.56 Å². The molecule has 0 spiro atoms. The number of nitrogens with one attached hydrogen (secondary N) is 1. The van der Waals surface area contributed by atoms with Crippen molar-refractivity contribution in [3.8, 4) is 0 Å². The molecule has 0 amide bonds. The maximum Gasteiger partial charge on any atom is 0.341 e. The Bertz CT molecular complexity index is 701. The van der Waals surface area contributed by atoms with Gasteiger partial charge in [-0.1, -0.05) is 18.2 Å². The fourth-order valence-electron chi connectivity index (χ4n) is 1.81. The number of aromatic nitrogens is 1. The monoisotopic (exact) mass is 258 g/mol. The Kier molecular flexibility index (Phi) is 3.77. The molecule has 0 radical (unpaired) electrons. The number of aromatic amines is 1. The lowest BCUT2D eigenvalue weighted by Gasteiger charge is -2.01. The zero-order valence-corrected chi connectivity index (χ0v) is 10.2. The van der Waals surface area contributed by atoms with Crippen LogP contribution in [0.5, 0.6) is 0 Å². The lowest BCUT2D eigenvalue weighted by Crippen LogP contribution is -2.15. The highest BCUT2D eigenvalue weighted by molar-refractivity contribution is 5.92. The third kappa shape index (κ3) is 2.71. The van der Waals surface area contributed by atoms with Crippen molar-refractivity contribution in [1.29, 1.82) is 0 Å². The van der Waals surface area contributed by atoms with Crippen molar-refractivity contribution in [3.05, 3.63) is 51.8 Å². The van der Waals surface area contributed by atoms with Gasteiger partial charge in [0.25, 0.3) is 0 Å². The summed E-state index contributed by atoms with van der Waals surface area (Å²) >= 11 is 0. The number of carboxylic acid groups (broad SMARTS) is 1. The minimum atomic E-state index is -1.23. The Morgan fingerprint density at radius 1 is 1.42 bits per heavy atom. The van der Waals surface area contributed by atoms with Crippen LogP contribution in [-0.2, 0) is 0 Å². The molecule has 0 unspecified atom stereocenters. The lowest BCUT2D eigenvalue weighted by molar-refractivity contribution is 0.0695. The van der Waals surface area contributed by atoms with Crippen LogP contribution in [0.3, 0.4) is 0 Å². The first kappa shape index (κ1) is 13.0. The first-order valence-corrected chi connectivity index (χ1v) is 5.89. The molecule has 0 aliphatic heterocycles. The summed E-state index contributed by atoms with van der Waals surface area (Å²) in [5, 5.41) is 9.29. The van der Waals surface area contributed by atoms with Crippen molar-refractivity contribution in [1.82, 2.24) is 4.98 Å². The molecule has 0 aliphatic rings. The second-order valence-electron chi connectivity index (χ2n) is 4.12. The molecule has 2 rings (SSSR count). The normalized spacial score (nSPS) is 11.2. The standard InChI is InChI=1S/C14H14N2O3/c15-6-2-1-3-9-4-5-12-10(7-9)13(17)11(8-16-12)14(18)19/h1,3-5,7-8H,2,6,15H2,(H,16,17)(H,18,19). The molecular weight excluding hydrogens is 244 g/mol. The van der Waals surface area contributed by atoms with Crippen LogP contribution in [0.15, 0.2) is 35.3 Å². The van der Waals surface area contributed by atoms with E-state index >= 15 is 0 Å². The van der Waals surface area contributed by atoms with Gasteiger partial charge in [-0.25, -0.2) is 4.79 Å². The van der Waals surface area contributed by atoms with Gasteiger partial charge in [-0.3, -0.25) is 4.79 Å². The number of benzene rings is 1. The van der Waals surface area contributed by atoms with Gasteiger partial charge in [-0.15, -0.1) is 0 Å². The molecular formula is C14H14N2O3. The molecule has 0 fully saturated rings. The van der Waals surface area contributed by atoms with E-state index in [0.717, 1.165) is 12.0 Å². The summed E-state index contributed by atoms with van der Waals surface area (Å²) in [4.78, 5) is 25.7. The highest BCUT2D eigenvalue weighted by Crippen LogP contribution is 2.12. The highest BCUT2D eigenvalue weighted by Gasteiger charge is 2.11. The molecule has 0 atom stereocenters. The molecule has 19 heavy (non-hydrogen) atoms. The molecule has 5 nitrogen and oxygen atoms in total. The Balaban J connectivity index is 2.54. The summed E-state index contributed by atoms with van der Waals surface area (Å²) in [6, 6.07) is 5.28. The van der Waals surface area contributed by atoms with Gasteiger partial charge in [-0.05, 0) is 30.7 Å². The van der Waals surface area contributed by atoms with Crippen LogP contribution in [0.25, 0.3) is 17.0 Å². The maximum absolute atomic E-state index is 12.0. The van der Waals surface area contributed by atoms with Crippen LogP contribution >= 0.6 is 0 Å². The van der Waals surface area contributed by atoms with Crippen LogP contribution in [0, 0.1) is 0 Å². The van der Waals surface area contributed by atoms with E-state index in [9.17, 15) is 9.59 Å². The topological polar surface area (TPSA) is 96.2 Å². The summed E-state index contributed by atoms with van der Waals surface area (Å²) in [7, 11) is 0. The number of H-pyrrole nitrogens is 1. The van der Waals surface area contributed by atoms with Crippen molar-refractivity contribution in [2.75, 3.05) is 6.54 Å². The minimum Gasteiger partial charge on any atom is -0.477 e. The number of nitrogens with two attached hydrogens (primary N) is 1. The lowest BCUT2D eigenvalue weighted by atomic mass is 10.1. The SMILES string of the molecule is NCCC=Cc1ccc2[nH]cc(C(=O)O)c(=O)c2c1. The van der Waals surface area contributed by atoms with Crippen molar-refractivity contribution >= 4 is 22.9 Å². The summed E-state index contributed by atoms with van der Waals surface area (Å²) in [5.74, 6) is -1.23. The summed E-state index contributed by atoms with van der Waals surface area (Å²) in [5.41, 5.74) is 6.12. The van der Waals surface area contributed by atoms with E-state index in [1.165, 1.54) is 6.20 Å². The van der Waals surface area contributed by atoms with Gasteiger partial charge in [-0.2, -0.15) is 0 Å². The van der Waals surface area contributed by atoms with Crippen LogP contribution < -0.4 is 11.2 Å². The molecule has 1 heterocycles. The first-order chi connectivity index (χ1) is 9.13.